The number of carbonyl (C=O) groups excluding carboxylic acids is 1. The molecule has 116 valence electrons. The molecule has 2 aromatic rings. The second-order valence-corrected chi connectivity index (χ2v) is 5.15. The van der Waals surface area contributed by atoms with Gasteiger partial charge in [0, 0.05) is 17.2 Å². The summed E-state index contributed by atoms with van der Waals surface area (Å²) in [6, 6.07) is 6.20. The zero-order chi connectivity index (χ0) is 16.0. The van der Waals surface area contributed by atoms with Gasteiger partial charge in [-0.3, -0.25) is 4.79 Å². The highest BCUT2D eigenvalue weighted by Gasteiger charge is 2.28. The molecule has 23 heavy (non-hydrogen) atoms. The lowest BCUT2D eigenvalue weighted by atomic mass is 9.97. The topological polar surface area (TPSA) is 44.8 Å². The lowest BCUT2D eigenvalue weighted by Gasteiger charge is -2.19. The fraction of sp³-hybridized carbons (Fsp3) is 0.118. The van der Waals surface area contributed by atoms with Gasteiger partial charge in [-0.1, -0.05) is 0 Å². The molecule has 2 aromatic carbocycles. The molecule has 0 fully saturated rings. The number of ether oxygens (including phenoxy) is 3. The van der Waals surface area contributed by atoms with Gasteiger partial charge >= 0.3 is 0 Å². The van der Waals surface area contributed by atoms with Crippen molar-refractivity contribution in [1.29, 1.82) is 0 Å². The fourth-order valence-corrected chi connectivity index (χ4v) is 2.53. The number of rotatable bonds is 1. The molecular weight excluding hydrogens is 306 g/mol. The predicted molar refractivity (Wildman–Crippen MR) is 76.7 cm³/mol. The smallest absolute Gasteiger partial charge is 0.231 e. The molecule has 4 nitrogen and oxygen atoms in total. The van der Waals surface area contributed by atoms with Crippen molar-refractivity contribution in [2.75, 3.05) is 13.4 Å². The van der Waals surface area contributed by atoms with Crippen molar-refractivity contribution in [3.05, 3.63) is 58.7 Å². The zero-order valence-electron chi connectivity index (χ0n) is 11.8. The Morgan fingerprint density at radius 1 is 0.957 bits per heavy atom. The molecule has 0 bridgehead atoms. The van der Waals surface area contributed by atoms with Crippen LogP contribution in [-0.2, 0) is 0 Å². The summed E-state index contributed by atoms with van der Waals surface area (Å²) >= 11 is 0. The first-order valence-corrected chi connectivity index (χ1v) is 6.88. The van der Waals surface area contributed by atoms with E-state index in [1.807, 2.05) is 0 Å². The zero-order valence-corrected chi connectivity index (χ0v) is 11.8. The van der Waals surface area contributed by atoms with E-state index in [1.54, 1.807) is 6.07 Å². The monoisotopic (exact) mass is 316 g/mol. The van der Waals surface area contributed by atoms with Gasteiger partial charge in [-0.2, -0.15) is 0 Å². The van der Waals surface area contributed by atoms with Gasteiger partial charge in [0.1, 0.15) is 24.0 Å². The normalized spacial score (nSPS) is 17.1. The van der Waals surface area contributed by atoms with E-state index in [2.05, 4.69) is 0 Å². The standard InChI is InChI=1S/C17H10F2O4/c18-11-1-2-13(19)9(4-11)3-10-7-21-14-6-16-15(22-8-23-16)5-12(14)17(10)20/h1-6H,7-8H2. The number of halogens is 2. The Labute approximate surface area is 129 Å². The van der Waals surface area contributed by atoms with Gasteiger partial charge < -0.3 is 14.2 Å². The SMILES string of the molecule is O=C1C(=Cc2cc(F)ccc2F)COc2cc3c(cc21)OCO3. The van der Waals surface area contributed by atoms with Gasteiger partial charge in [0.15, 0.2) is 17.3 Å². The summed E-state index contributed by atoms with van der Waals surface area (Å²) in [4.78, 5) is 12.6. The Morgan fingerprint density at radius 3 is 2.57 bits per heavy atom. The van der Waals surface area contributed by atoms with Crippen LogP contribution in [0, 0.1) is 11.6 Å². The molecule has 4 rings (SSSR count). The Bertz CT molecular complexity index is 858. The highest BCUT2D eigenvalue weighted by atomic mass is 19.1. The minimum atomic E-state index is -0.608. The van der Waals surface area contributed by atoms with Crippen molar-refractivity contribution in [3.8, 4) is 17.2 Å². The molecule has 0 saturated carbocycles. The lowest BCUT2D eigenvalue weighted by molar-refractivity contribution is 0.100. The van der Waals surface area contributed by atoms with E-state index in [4.69, 9.17) is 14.2 Å². The third kappa shape index (κ3) is 2.32. The van der Waals surface area contributed by atoms with Crippen molar-refractivity contribution in [2.45, 2.75) is 0 Å². The van der Waals surface area contributed by atoms with Crippen molar-refractivity contribution in [3.63, 3.8) is 0 Å². The maximum atomic E-state index is 13.7. The maximum absolute atomic E-state index is 13.7. The first-order chi connectivity index (χ1) is 11.1. The maximum Gasteiger partial charge on any atom is 0.231 e. The molecule has 0 unspecified atom stereocenters. The summed E-state index contributed by atoms with van der Waals surface area (Å²) in [6.45, 7) is 0.0606. The molecule has 0 aromatic heterocycles. The summed E-state index contributed by atoms with van der Waals surface area (Å²) in [6.07, 6.45) is 1.30. The molecule has 2 aliphatic heterocycles. The molecule has 0 atom stereocenters. The van der Waals surface area contributed by atoms with Crippen LogP contribution in [0.3, 0.4) is 0 Å². The first kappa shape index (κ1) is 13.8. The molecule has 0 saturated heterocycles. The highest BCUT2D eigenvalue weighted by molar-refractivity contribution is 6.14. The number of fused-ring (bicyclic) bond motifs is 2. The van der Waals surface area contributed by atoms with Gasteiger partial charge in [-0.25, -0.2) is 8.78 Å². The van der Waals surface area contributed by atoms with E-state index in [0.29, 0.717) is 22.8 Å². The summed E-state index contributed by atoms with van der Waals surface area (Å²) in [5, 5.41) is 0. The Morgan fingerprint density at radius 2 is 1.74 bits per heavy atom. The third-order valence-electron chi connectivity index (χ3n) is 3.68. The van der Waals surface area contributed by atoms with Gasteiger partial charge in [0.05, 0.1) is 5.56 Å². The number of ketones is 1. The summed E-state index contributed by atoms with van der Waals surface area (Å²) in [7, 11) is 0. The number of carbonyl (C=O) groups is 1. The summed E-state index contributed by atoms with van der Waals surface area (Å²) in [5.41, 5.74) is 0.547. The number of hydrogen-bond acceptors (Lipinski definition) is 4. The van der Waals surface area contributed by atoms with Crippen LogP contribution in [0.4, 0.5) is 8.78 Å². The van der Waals surface area contributed by atoms with Crippen molar-refractivity contribution in [1.82, 2.24) is 0 Å². The van der Waals surface area contributed by atoms with Crippen LogP contribution in [0.25, 0.3) is 6.08 Å². The largest absolute Gasteiger partial charge is 0.488 e. The van der Waals surface area contributed by atoms with Crippen molar-refractivity contribution >= 4 is 11.9 Å². The molecule has 6 heteroatoms. The van der Waals surface area contributed by atoms with Gasteiger partial charge in [0.25, 0.3) is 0 Å². The van der Waals surface area contributed by atoms with Gasteiger partial charge in [0.2, 0.25) is 6.79 Å². The highest BCUT2D eigenvalue weighted by Crippen LogP contribution is 2.40. The lowest BCUT2D eigenvalue weighted by Crippen LogP contribution is -2.19. The van der Waals surface area contributed by atoms with Crippen LogP contribution in [0.2, 0.25) is 0 Å². The minimum absolute atomic E-state index is 0.00106. The van der Waals surface area contributed by atoms with E-state index >= 15 is 0 Å². The molecule has 2 aliphatic rings. The van der Waals surface area contributed by atoms with Crippen molar-refractivity contribution < 1.29 is 27.8 Å². The molecule has 0 aliphatic carbocycles. The number of hydrogen-bond donors (Lipinski definition) is 0. The average Bonchev–Trinajstić information content (AvgIpc) is 2.99. The molecular formula is C17H10F2O4. The van der Waals surface area contributed by atoms with Crippen LogP contribution >= 0.6 is 0 Å². The fourth-order valence-electron chi connectivity index (χ4n) is 2.53. The van der Waals surface area contributed by atoms with E-state index in [1.165, 1.54) is 12.1 Å². The van der Waals surface area contributed by atoms with Gasteiger partial charge in [-0.15, -0.1) is 0 Å². The molecule has 0 spiro atoms. The molecule has 0 amide bonds. The quantitative estimate of drug-likeness (QED) is 0.757. The van der Waals surface area contributed by atoms with Crippen LogP contribution in [0.15, 0.2) is 35.9 Å². The summed E-state index contributed by atoms with van der Waals surface area (Å²) in [5.74, 6) is -0.141. The Hall–Kier alpha value is -2.89. The van der Waals surface area contributed by atoms with Crippen LogP contribution in [0.1, 0.15) is 15.9 Å². The van der Waals surface area contributed by atoms with E-state index < -0.39 is 11.6 Å². The second kappa shape index (κ2) is 5.08. The van der Waals surface area contributed by atoms with Crippen LogP contribution in [-0.4, -0.2) is 19.2 Å². The average molecular weight is 316 g/mol. The molecule has 2 heterocycles. The first-order valence-electron chi connectivity index (χ1n) is 6.88. The van der Waals surface area contributed by atoms with Gasteiger partial charge in [-0.05, 0) is 30.3 Å². The van der Waals surface area contributed by atoms with E-state index in [9.17, 15) is 13.6 Å². The van der Waals surface area contributed by atoms with E-state index in [-0.39, 0.29) is 30.3 Å². The summed E-state index contributed by atoms with van der Waals surface area (Å²) < 4.78 is 43.0. The molecule has 0 N–H and O–H groups in total. The van der Waals surface area contributed by atoms with Crippen molar-refractivity contribution in [2.24, 2.45) is 0 Å². The van der Waals surface area contributed by atoms with Crippen LogP contribution < -0.4 is 14.2 Å². The second-order valence-electron chi connectivity index (χ2n) is 5.15. The number of benzene rings is 2. The third-order valence-corrected chi connectivity index (χ3v) is 3.68. The Kier molecular flexibility index (Phi) is 3.04. The van der Waals surface area contributed by atoms with Crippen LogP contribution in [0.5, 0.6) is 17.2 Å². The predicted octanol–water partition coefficient (Wildman–Crippen LogP) is 3.35. The molecule has 0 radical (unpaired) electrons. The Balaban J connectivity index is 1.75. The van der Waals surface area contributed by atoms with E-state index in [0.717, 1.165) is 18.2 Å². The minimum Gasteiger partial charge on any atom is -0.488 e. The number of Topliss-reactive ketones (excluding diaryl/α,β-unsaturated/α-hetero) is 1.